The maximum atomic E-state index is 13.5. The van der Waals surface area contributed by atoms with Gasteiger partial charge in [0.25, 0.3) is 0 Å². The highest BCUT2D eigenvalue weighted by Crippen LogP contribution is 2.45. The summed E-state index contributed by atoms with van der Waals surface area (Å²) >= 11 is 2.05. The van der Waals surface area contributed by atoms with Crippen molar-refractivity contribution in [3.63, 3.8) is 0 Å². The van der Waals surface area contributed by atoms with E-state index in [2.05, 4.69) is 0 Å². The van der Waals surface area contributed by atoms with Gasteiger partial charge >= 0.3 is 0 Å². The highest BCUT2D eigenvalue weighted by atomic mass is 32.2. The SMILES string of the molecule is CCOc1ccc(F)cc1C(=O)C1CC2CCCC(C1)S2. The van der Waals surface area contributed by atoms with Gasteiger partial charge in [0.15, 0.2) is 5.78 Å². The lowest BCUT2D eigenvalue weighted by molar-refractivity contribution is 0.0892. The summed E-state index contributed by atoms with van der Waals surface area (Å²) in [7, 11) is 0. The van der Waals surface area contributed by atoms with E-state index in [0.717, 1.165) is 12.8 Å². The van der Waals surface area contributed by atoms with Crippen LogP contribution in [0.15, 0.2) is 18.2 Å². The van der Waals surface area contributed by atoms with Gasteiger partial charge in [-0.1, -0.05) is 6.42 Å². The lowest BCUT2D eigenvalue weighted by Gasteiger charge is -2.38. The van der Waals surface area contributed by atoms with Gasteiger partial charge in [-0.25, -0.2) is 4.39 Å². The van der Waals surface area contributed by atoms with Crippen LogP contribution in [-0.4, -0.2) is 22.9 Å². The number of thioether (sulfide) groups is 1. The fourth-order valence-corrected chi connectivity index (χ4v) is 5.31. The highest BCUT2D eigenvalue weighted by Gasteiger charge is 2.36. The molecule has 2 aliphatic rings. The van der Waals surface area contributed by atoms with Crippen LogP contribution >= 0.6 is 11.8 Å². The van der Waals surface area contributed by atoms with Crippen LogP contribution in [0.1, 0.15) is 49.4 Å². The Morgan fingerprint density at radius 2 is 2.05 bits per heavy atom. The Morgan fingerprint density at radius 1 is 1.33 bits per heavy atom. The van der Waals surface area contributed by atoms with Crippen molar-refractivity contribution in [2.45, 2.75) is 49.5 Å². The molecule has 2 unspecified atom stereocenters. The van der Waals surface area contributed by atoms with E-state index in [1.165, 1.54) is 31.4 Å². The molecule has 2 fully saturated rings. The molecule has 21 heavy (non-hydrogen) atoms. The van der Waals surface area contributed by atoms with Gasteiger partial charge in [-0.2, -0.15) is 11.8 Å². The van der Waals surface area contributed by atoms with Crippen LogP contribution < -0.4 is 4.74 Å². The van der Waals surface area contributed by atoms with Gasteiger partial charge in [0.2, 0.25) is 0 Å². The molecule has 0 spiro atoms. The van der Waals surface area contributed by atoms with Gasteiger partial charge < -0.3 is 4.74 Å². The number of ether oxygens (including phenoxy) is 1. The summed E-state index contributed by atoms with van der Waals surface area (Å²) in [5, 5.41) is 1.21. The Labute approximate surface area is 129 Å². The summed E-state index contributed by atoms with van der Waals surface area (Å²) < 4.78 is 19.0. The van der Waals surface area contributed by atoms with Gasteiger partial charge in [-0.15, -0.1) is 0 Å². The molecule has 0 N–H and O–H groups in total. The van der Waals surface area contributed by atoms with Crippen molar-refractivity contribution in [2.75, 3.05) is 6.61 Å². The molecule has 0 saturated carbocycles. The van der Waals surface area contributed by atoms with E-state index in [9.17, 15) is 9.18 Å². The molecule has 2 saturated heterocycles. The number of Topliss-reactive ketones (excluding diaryl/α,β-unsaturated/α-hetero) is 1. The van der Waals surface area contributed by atoms with Crippen molar-refractivity contribution < 1.29 is 13.9 Å². The Morgan fingerprint density at radius 3 is 2.71 bits per heavy atom. The zero-order valence-corrected chi connectivity index (χ0v) is 13.1. The highest BCUT2D eigenvalue weighted by molar-refractivity contribution is 8.00. The topological polar surface area (TPSA) is 26.3 Å². The van der Waals surface area contributed by atoms with Crippen LogP contribution in [0.3, 0.4) is 0 Å². The molecule has 0 amide bonds. The summed E-state index contributed by atoms with van der Waals surface area (Å²) in [4.78, 5) is 12.8. The van der Waals surface area contributed by atoms with E-state index in [0.29, 0.717) is 28.4 Å². The Kier molecular flexibility index (Phi) is 4.53. The number of ketones is 1. The fourth-order valence-electron chi connectivity index (χ4n) is 3.47. The molecular formula is C17H21FO2S. The Bertz CT molecular complexity index is 520. The molecule has 0 aromatic heterocycles. The van der Waals surface area contributed by atoms with Crippen molar-refractivity contribution >= 4 is 17.5 Å². The normalized spacial score (nSPS) is 28.2. The number of carbonyl (C=O) groups excluding carboxylic acids is 1. The number of hydrogen-bond donors (Lipinski definition) is 0. The third kappa shape index (κ3) is 3.25. The van der Waals surface area contributed by atoms with Gasteiger partial charge in [0, 0.05) is 16.4 Å². The van der Waals surface area contributed by atoms with Crippen molar-refractivity contribution in [1.29, 1.82) is 0 Å². The monoisotopic (exact) mass is 308 g/mol. The average molecular weight is 308 g/mol. The van der Waals surface area contributed by atoms with Crippen molar-refractivity contribution in [3.8, 4) is 5.75 Å². The number of halogens is 1. The molecule has 2 bridgehead atoms. The van der Waals surface area contributed by atoms with E-state index in [-0.39, 0.29) is 17.5 Å². The number of rotatable bonds is 4. The molecule has 2 nitrogen and oxygen atoms in total. The first-order chi connectivity index (χ1) is 10.2. The van der Waals surface area contributed by atoms with Crippen LogP contribution in [0, 0.1) is 11.7 Å². The molecule has 2 atom stereocenters. The smallest absolute Gasteiger partial charge is 0.169 e. The minimum Gasteiger partial charge on any atom is -0.493 e. The molecule has 2 aliphatic heterocycles. The number of hydrogen-bond acceptors (Lipinski definition) is 3. The predicted molar refractivity (Wildman–Crippen MR) is 83.6 cm³/mol. The number of carbonyl (C=O) groups is 1. The van der Waals surface area contributed by atoms with Crippen LogP contribution in [0.5, 0.6) is 5.75 Å². The first-order valence-electron chi connectivity index (χ1n) is 7.79. The summed E-state index contributed by atoms with van der Waals surface area (Å²) in [5.41, 5.74) is 0.423. The predicted octanol–water partition coefficient (Wildman–Crippen LogP) is 4.47. The Hall–Kier alpha value is -1.03. The third-order valence-corrected chi connectivity index (χ3v) is 6.04. The van der Waals surface area contributed by atoms with E-state index in [4.69, 9.17) is 4.74 Å². The number of benzene rings is 1. The van der Waals surface area contributed by atoms with Gasteiger partial charge in [0.1, 0.15) is 11.6 Å². The zero-order valence-electron chi connectivity index (χ0n) is 12.3. The Balaban J connectivity index is 1.82. The van der Waals surface area contributed by atoms with Gasteiger partial charge in [-0.05, 0) is 50.8 Å². The van der Waals surface area contributed by atoms with Crippen LogP contribution in [0.2, 0.25) is 0 Å². The largest absolute Gasteiger partial charge is 0.493 e. The first-order valence-corrected chi connectivity index (χ1v) is 8.73. The second kappa shape index (κ2) is 6.39. The second-order valence-corrected chi connectivity index (χ2v) is 7.52. The standard InChI is InChI=1S/C17H21FO2S/c1-2-20-16-7-6-12(18)10-15(16)17(19)11-8-13-4-3-5-14(9-11)21-13/h6-7,10-11,13-14H,2-5,8-9H2,1H3. The van der Waals surface area contributed by atoms with Gasteiger partial charge in [0.05, 0.1) is 12.2 Å². The lowest BCUT2D eigenvalue weighted by Crippen LogP contribution is -2.33. The van der Waals surface area contributed by atoms with Crippen molar-refractivity contribution in [1.82, 2.24) is 0 Å². The summed E-state index contributed by atoms with van der Waals surface area (Å²) in [5.74, 6) is 0.247. The second-order valence-electron chi connectivity index (χ2n) is 5.92. The molecule has 0 radical (unpaired) electrons. The molecular weight excluding hydrogens is 287 g/mol. The first kappa shape index (κ1) is 14.9. The summed E-state index contributed by atoms with van der Waals surface area (Å²) in [6.45, 7) is 2.36. The third-order valence-electron chi connectivity index (χ3n) is 4.41. The molecule has 4 heteroatoms. The molecule has 1 aromatic rings. The lowest BCUT2D eigenvalue weighted by atomic mass is 9.84. The van der Waals surface area contributed by atoms with Crippen molar-refractivity contribution in [3.05, 3.63) is 29.6 Å². The molecule has 114 valence electrons. The fraction of sp³-hybridized carbons (Fsp3) is 0.588. The molecule has 0 aliphatic carbocycles. The van der Waals surface area contributed by atoms with E-state index in [1.807, 2.05) is 18.7 Å². The van der Waals surface area contributed by atoms with Crippen LogP contribution in [0.4, 0.5) is 4.39 Å². The maximum absolute atomic E-state index is 13.5. The van der Waals surface area contributed by atoms with Crippen LogP contribution in [-0.2, 0) is 0 Å². The maximum Gasteiger partial charge on any atom is 0.169 e. The minimum atomic E-state index is -0.368. The van der Waals surface area contributed by atoms with E-state index >= 15 is 0 Å². The average Bonchev–Trinajstić information content (AvgIpc) is 2.48. The summed E-state index contributed by atoms with van der Waals surface area (Å²) in [6, 6.07) is 4.27. The minimum absolute atomic E-state index is 0.0301. The van der Waals surface area contributed by atoms with E-state index < -0.39 is 0 Å². The molecule has 1 aromatic carbocycles. The van der Waals surface area contributed by atoms with Crippen LogP contribution in [0.25, 0.3) is 0 Å². The van der Waals surface area contributed by atoms with Crippen molar-refractivity contribution in [2.24, 2.45) is 5.92 Å². The molecule has 3 rings (SSSR count). The molecule has 2 heterocycles. The quantitative estimate of drug-likeness (QED) is 0.768. The zero-order chi connectivity index (χ0) is 14.8. The van der Waals surface area contributed by atoms with Gasteiger partial charge in [-0.3, -0.25) is 4.79 Å². The number of fused-ring (bicyclic) bond motifs is 2. The van der Waals surface area contributed by atoms with E-state index in [1.54, 1.807) is 6.07 Å². The summed E-state index contributed by atoms with van der Waals surface area (Å²) in [6.07, 6.45) is 5.58.